The Morgan fingerprint density at radius 3 is 2.48 bits per heavy atom. The lowest BCUT2D eigenvalue weighted by molar-refractivity contribution is -0.184. The molecule has 1 aliphatic heterocycles. The summed E-state index contributed by atoms with van der Waals surface area (Å²) < 4.78 is 49.8. The molecule has 3 rings (SSSR count). The topological polar surface area (TPSA) is 59.9 Å². The molecule has 8 heteroatoms. The Kier molecular flexibility index (Phi) is 6.46. The second-order valence-electron chi connectivity index (χ2n) is 8.11. The molecule has 1 saturated heterocycles. The number of hydrazone groups is 1. The van der Waals surface area contributed by atoms with E-state index in [4.69, 9.17) is 9.47 Å². The van der Waals surface area contributed by atoms with E-state index in [-0.39, 0.29) is 49.9 Å². The average Bonchev–Trinajstić information content (AvgIpc) is 3.09. The van der Waals surface area contributed by atoms with Crippen LogP contribution in [0.4, 0.5) is 13.2 Å². The lowest BCUT2D eigenvalue weighted by Gasteiger charge is -2.31. The summed E-state index contributed by atoms with van der Waals surface area (Å²) >= 11 is 0. The first kappa shape index (κ1) is 20.6. The van der Waals surface area contributed by atoms with Gasteiger partial charge in [0.2, 0.25) is 5.91 Å². The molecule has 0 aromatic heterocycles. The first-order valence-electron chi connectivity index (χ1n) is 9.88. The number of carbonyl (C=O) groups is 1. The molecular formula is C19H29F3N2O3. The van der Waals surface area contributed by atoms with Crippen LogP contribution in [0.25, 0.3) is 0 Å². The summed E-state index contributed by atoms with van der Waals surface area (Å²) in [7, 11) is 1.71. The van der Waals surface area contributed by atoms with Crippen molar-refractivity contribution in [1.82, 2.24) is 5.43 Å². The van der Waals surface area contributed by atoms with Crippen molar-refractivity contribution >= 4 is 11.6 Å². The minimum absolute atomic E-state index is 0.0117. The van der Waals surface area contributed by atoms with Gasteiger partial charge in [-0.1, -0.05) is 6.42 Å². The first-order valence-corrected chi connectivity index (χ1v) is 9.88. The summed E-state index contributed by atoms with van der Waals surface area (Å²) in [5.74, 6) is -1.52. The fraction of sp³-hybridized carbons (Fsp3) is 0.895. The Hall–Kier alpha value is -1.15. The molecule has 3 aliphatic rings. The van der Waals surface area contributed by atoms with Crippen LogP contribution >= 0.6 is 0 Å². The fourth-order valence-electron chi connectivity index (χ4n) is 4.69. The van der Waals surface area contributed by atoms with Gasteiger partial charge in [0, 0.05) is 13.0 Å². The summed E-state index contributed by atoms with van der Waals surface area (Å²) in [6.45, 7) is 1.82. The highest BCUT2D eigenvalue weighted by atomic mass is 19.4. The molecule has 1 amide bonds. The molecule has 0 bridgehead atoms. The normalized spacial score (nSPS) is 37.7. The molecule has 0 spiro atoms. The second kappa shape index (κ2) is 8.47. The van der Waals surface area contributed by atoms with E-state index in [1.165, 1.54) is 0 Å². The SMILES string of the molecule is COC1CCCC2CC(/C(C)=N/NC(=O)C3CCC(C(F)(F)F)CC3)OC21. The highest BCUT2D eigenvalue weighted by Crippen LogP contribution is 2.40. The van der Waals surface area contributed by atoms with E-state index in [1.807, 2.05) is 6.92 Å². The Balaban J connectivity index is 1.49. The molecule has 4 unspecified atom stereocenters. The Labute approximate surface area is 158 Å². The van der Waals surface area contributed by atoms with Gasteiger partial charge in [-0.2, -0.15) is 18.3 Å². The van der Waals surface area contributed by atoms with Gasteiger partial charge >= 0.3 is 6.18 Å². The number of carbonyl (C=O) groups excluding carboxylic acids is 1. The Morgan fingerprint density at radius 2 is 1.85 bits per heavy atom. The molecule has 0 radical (unpaired) electrons. The molecule has 2 saturated carbocycles. The van der Waals surface area contributed by atoms with E-state index in [9.17, 15) is 18.0 Å². The van der Waals surface area contributed by atoms with Crippen molar-refractivity contribution in [3.63, 3.8) is 0 Å². The van der Waals surface area contributed by atoms with Crippen molar-refractivity contribution in [2.24, 2.45) is 22.9 Å². The van der Waals surface area contributed by atoms with Crippen molar-refractivity contribution in [1.29, 1.82) is 0 Å². The number of nitrogens with one attached hydrogen (secondary N) is 1. The quantitative estimate of drug-likeness (QED) is 0.586. The Morgan fingerprint density at radius 1 is 1.15 bits per heavy atom. The highest BCUT2D eigenvalue weighted by molar-refractivity contribution is 5.88. The molecule has 3 fully saturated rings. The highest BCUT2D eigenvalue weighted by Gasteiger charge is 2.44. The van der Waals surface area contributed by atoms with Crippen molar-refractivity contribution in [2.45, 2.75) is 82.8 Å². The van der Waals surface area contributed by atoms with Gasteiger partial charge < -0.3 is 9.47 Å². The van der Waals surface area contributed by atoms with Crippen molar-refractivity contribution in [3.8, 4) is 0 Å². The molecule has 1 N–H and O–H groups in total. The maximum Gasteiger partial charge on any atom is 0.391 e. The van der Waals surface area contributed by atoms with E-state index in [0.29, 0.717) is 11.6 Å². The van der Waals surface area contributed by atoms with Gasteiger partial charge in [-0.05, 0) is 57.8 Å². The summed E-state index contributed by atoms with van der Waals surface area (Å²) in [6, 6.07) is 0. The van der Waals surface area contributed by atoms with Crippen LogP contribution in [-0.2, 0) is 14.3 Å². The largest absolute Gasteiger partial charge is 0.391 e. The van der Waals surface area contributed by atoms with Gasteiger partial charge in [-0.15, -0.1) is 0 Å². The van der Waals surface area contributed by atoms with Crippen LogP contribution in [0.2, 0.25) is 0 Å². The number of amides is 1. The number of alkyl halides is 3. The number of ether oxygens (including phenoxy) is 2. The average molecular weight is 390 g/mol. The zero-order chi connectivity index (χ0) is 19.6. The zero-order valence-corrected chi connectivity index (χ0v) is 15.9. The number of hydrogen-bond acceptors (Lipinski definition) is 4. The molecule has 154 valence electrons. The van der Waals surface area contributed by atoms with Crippen LogP contribution in [0.5, 0.6) is 0 Å². The van der Waals surface area contributed by atoms with Crippen LogP contribution < -0.4 is 5.43 Å². The van der Waals surface area contributed by atoms with Gasteiger partial charge in [0.1, 0.15) is 0 Å². The van der Waals surface area contributed by atoms with Crippen LogP contribution in [0, 0.1) is 17.8 Å². The van der Waals surface area contributed by atoms with E-state index >= 15 is 0 Å². The smallest absolute Gasteiger partial charge is 0.379 e. The van der Waals surface area contributed by atoms with Crippen LogP contribution in [-0.4, -0.2) is 43.2 Å². The van der Waals surface area contributed by atoms with Crippen LogP contribution in [0.1, 0.15) is 58.3 Å². The monoisotopic (exact) mass is 390 g/mol. The summed E-state index contributed by atoms with van der Waals surface area (Å²) in [4.78, 5) is 12.3. The van der Waals surface area contributed by atoms with Gasteiger partial charge in [0.05, 0.1) is 29.9 Å². The maximum absolute atomic E-state index is 12.7. The van der Waals surface area contributed by atoms with Crippen molar-refractivity contribution < 1.29 is 27.4 Å². The number of nitrogens with zero attached hydrogens (tertiary/aromatic N) is 1. The number of methoxy groups -OCH3 is 1. The zero-order valence-electron chi connectivity index (χ0n) is 15.9. The Bertz CT molecular complexity index is 559. The van der Waals surface area contributed by atoms with E-state index in [2.05, 4.69) is 10.5 Å². The molecular weight excluding hydrogens is 361 g/mol. The second-order valence-corrected chi connectivity index (χ2v) is 8.11. The van der Waals surface area contributed by atoms with Crippen LogP contribution in [0.15, 0.2) is 5.10 Å². The molecule has 0 aromatic carbocycles. The third-order valence-corrected chi connectivity index (χ3v) is 6.40. The number of hydrogen-bond donors (Lipinski definition) is 1. The lowest BCUT2D eigenvalue weighted by Crippen LogP contribution is -2.37. The van der Waals surface area contributed by atoms with Crippen LogP contribution in [0.3, 0.4) is 0 Å². The lowest BCUT2D eigenvalue weighted by atomic mass is 9.81. The minimum atomic E-state index is -4.16. The van der Waals surface area contributed by atoms with E-state index in [0.717, 1.165) is 25.7 Å². The molecule has 1 heterocycles. The first-order chi connectivity index (χ1) is 12.8. The van der Waals surface area contributed by atoms with Crippen molar-refractivity contribution in [2.75, 3.05) is 7.11 Å². The van der Waals surface area contributed by atoms with E-state index in [1.54, 1.807) is 7.11 Å². The van der Waals surface area contributed by atoms with Gasteiger partial charge in [-0.3, -0.25) is 4.79 Å². The van der Waals surface area contributed by atoms with Crippen molar-refractivity contribution in [3.05, 3.63) is 0 Å². The molecule has 0 aromatic rings. The van der Waals surface area contributed by atoms with E-state index < -0.39 is 18.0 Å². The number of fused-ring (bicyclic) bond motifs is 1. The maximum atomic E-state index is 12.7. The third-order valence-electron chi connectivity index (χ3n) is 6.40. The molecule has 27 heavy (non-hydrogen) atoms. The van der Waals surface area contributed by atoms with Gasteiger partial charge in [0.15, 0.2) is 0 Å². The molecule has 2 aliphatic carbocycles. The standard InChI is InChI=1S/C19H29F3N2O3/c1-11(16-10-13-4-3-5-15(26-2)17(13)27-16)23-24-18(25)12-6-8-14(9-7-12)19(20,21)22/h12-17H,3-10H2,1-2H3,(H,24,25)/b23-11+. The number of halogens is 3. The fourth-order valence-corrected chi connectivity index (χ4v) is 4.69. The predicted molar refractivity (Wildman–Crippen MR) is 94.2 cm³/mol. The number of rotatable bonds is 4. The third kappa shape index (κ3) is 4.83. The van der Waals surface area contributed by atoms with Gasteiger partial charge in [-0.25, -0.2) is 5.43 Å². The molecule has 5 nitrogen and oxygen atoms in total. The molecule has 4 atom stereocenters. The predicted octanol–water partition coefficient (Wildman–Crippen LogP) is 3.82. The van der Waals surface area contributed by atoms with Gasteiger partial charge in [0.25, 0.3) is 0 Å². The summed E-state index contributed by atoms with van der Waals surface area (Å²) in [5.41, 5.74) is 3.25. The minimum Gasteiger partial charge on any atom is -0.379 e. The summed E-state index contributed by atoms with van der Waals surface area (Å²) in [5, 5.41) is 4.19. The summed E-state index contributed by atoms with van der Waals surface area (Å²) in [6.07, 6.45) is 0.525.